The molecule has 0 aliphatic heterocycles. The Morgan fingerprint density at radius 3 is 1.95 bits per heavy atom. The molecule has 0 aromatic rings. The molecule has 0 aromatic heterocycles. The molecule has 0 aromatic carbocycles. The van der Waals surface area contributed by atoms with Crippen molar-refractivity contribution in [2.75, 3.05) is 27.9 Å². The molecular weight excluding hydrogens is 292 g/mol. The maximum Gasteiger partial charge on any atom is 0.325 e. The van der Waals surface area contributed by atoms with Crippen molar-refractivity contribution in [2.45, 2.75) is 58.5 Å². The van der Waals surface area contributed by atoms with Crippen molar-refractivity contribution in [3.63, 3.8) is 0 Å². The first kappa shape index (κ1) is 22.5. The molecule has 0 heterocycles. The van der Waals surface area contributed by atoms with E-state index in [-0.39, 0.29) is 0 Å². The van der Waals surface area contributed by atoms with E-state index in [1.807, 2.05) is 33.5 Å². The number of hydrogen-bond acceptors (Lipinski definition) is 5. The molecule has 0 aliphatic carbocycles. The monoisotopic (exact) mass is 326 g/mol. The summed E-state index contributed by atoms with van der Waals surface area (Å²) in [5.74, 6) is 0. The van der Waals surface area contributed by atoms with E-state index < -0.39 is 23.2 Å². The average Bonchev–Trinajstić information content (AvgIpc) is 2.41. The standard InChI is InChI=1S/C11H28O5Si2.C2H6/c1-13-10-11(12)8-7-9-18(6,15-3)16-17(4,5)14-2;1-2/h11-12H,7-10H2,1-6H3;1-2H3. The zero-order chi connectivity index (χ0) is 16.2. The fourth-order valence-corrected chi connectivity index (χ4v) is 7.98. The van der Waals surface area contributed by atoms with Gasteiger partial charge in [-0.2, -0.15) is 0 Å². The fourth-order valence-electron chi connectivity index (χ4n) is 1.69. The van der Waals surface area contributed by atoms with E-state index in [2.05, 4.69) is 0 Å². The molecule has 2 unspecified atom stereocenters. The molecule has 124 valence electrons. The van der Waals surface area contributed by atoms with Gasteiger partial charge < -0.3 is 22.8 Å². The summed E-state index contributed by atoms with van der Waals surface area (Å²) in [4.78, 5) is 0. The number of rotatable bonds is 10. The van der Waals surface area contributed by atoms with Crippen LogP contribution < -0.4 is 0 Å². The van der Waals surface area contributed by atoms with E-state index in [4.69, 9.17) is 17.7 Å². The van der Waals surface area contributed by atoms with Crippen LogP contribution in [0.1, 0.15) is 26.7 Å². The van der Waals surface area contributed by atoms with E-state index in [0.29, 0.717) is 13.0 Å². The first-order valence-corrected chi connectivity index (χ1v) is 12.6. The summed E-state index contributed by atoms with van der Waals surface area (Å²) < 4.78 is 22.0. The lowest BCUT2D eigenvalue weighted by atomic mass is 10.2. The molecule has 0 bridgehead atoms. The molecule has 0 rings (SSSR count). The summed E-state index contributed by atoms with van der Waals surface area (Å²) in [6, 6.07) is 0.851. The molecule has 0 saturated carbocycles. The number of aliphatic hydroxyl groups excluding tert-OH is 1. The molecule has 20 heavy (non-hydrogen) atoms. The molecule has 5 nitrogen and oxygen atoms in total. The second-order valence-electron chi connectivity index (χ2n) is 5.05. The second kappa shape index (κ2) is 11.8. The molecule has 0 spiro atoms. The topological polar surface area (TPSA) is 57.2 Å². The summed E-state index contributed by atoms with van der Waals surface area (Å²) in [6.07, 6.45) is 1.17. The Hall–Kier alpha value is 0.234. The zero-order valence-electron chi connectivity index (χ0n) is 14.5. The van der Waals surface area contributed by atoms with Crippen molar-refractivity contribution in [3.05, 3.63) is 0 Å². The normalized spacial score (nSPS) is 16.1. The van der Waals surface area contributed by atoms with Gasteiger partial charge in [0.05, 0.1) is 12.7 Å². The van der Waals surface area contributed by atoms with Crippen LogP contribution in [0.4, 0.5) is 0 Å². The van der Waals surface area contributed by atoms with Gasteiger partial charge in [0.2, 0.25) is 0 Å². The quantitative estimate of drug-likeness (QED) is 0.626. The Morgan fingerprint density at radius 2 is 1.55 bits per heavy atom. The van der Waals surface area contributed by atoms with Gasteiger partial charge in [0, 0.05) is 21.3 Å². The molecule has 0 radical (unpaired) electrons. The number of methoxy groups -OCH3 is 1. The molecule has 0 amide bonds. The summed E-state index contributed by atoms with van der Waals surface area (Å²) in [5.41, 5.74) is 0. The summed E-state index contributed by atoms with van der Waals surface area (Å²) in [5, 5.41) is 9.59. The Morgan fingerprint density at radius 1 is 1.00 bits per heavy atom. The zero-order valence-corrected chi connectivity index (χ0v) is 16.5. The highest BCUT2D eigenvalue weighted by atomic mass is 28.5. The van der Waals surface area contributed by atoms with Gasteiger partial charge in [-0.3, -0.25) is 0 Å². The Kier molecular flexibility index (Phi) is 13.3. The van der Waals surface area contributed by atoms with Gasteiger partial charge >= 0.3 is 17.1 Å². The highest BCUT2D eigenvalue weighted by Gasteiger charge is 2.38. The lowest BCUT2D eigenvalue weighted by Gasteiger charge is -2.33. The van der Waals surface area contributed by atoms with Gasteiger partial charge in [-0.1, -0.05) is 13.8 Å². The third-order valence-electron chi connectivity index (χ3n) is 2.91. The average molecular weight is 327 g/mol. The van der Waals surface area contributed by atoms with Crippen molar-refractivity contribution in [1.82, 2.24) is 0 Å². The van der Waals surface area contributed by atoms with E-state index in [1.165, 1.54) is 0 Å². The largest absolute Gasteiger partial charge is 0.415 e. The summed E-state index contributed by atoms with van der Waals surface area (Å²) >= 11 is 0. The predicted molar refractivity (Wildman–Crippen MR) is 87.5 cm³/mol. The van der Waals surface area contributed by atoms with Gasteiger partial charge in [-0.05, 0) is 38.5 Å². The van der Waals surface area contributed by atoms with Crippen molar-refractivity contribution < 1.29 is 22.8 Å². The maximum atomic E-state index is 9.59. The van der Waals surface area contributed by atoms with Crippen molar-refractivity contribution >= 4 is 17.1 Å². The van der Waals surface area contributed by atoms with Crippen LogP contribution in [0, 0.1) is 0 Å². The smallest absolute Gasteiger partial charge is 0.325 e. The van der Waals surface area contributed by atoms with Crippen molar-refractivity contribution in [2.24, 2.45) is 0 Å². The Balaban J connectivity index is 0. The lowest BCUT2D eigenvalue weighted by Crippen LogP contribution is -2.49. The van der Waals surface area contributed by atoms with Crippen molar-refractivity contribution in [3.8, 4) is 0 Å². The van der Waals surface area contributed by atoms with Crippen LogP contribution in [0.15, 0.2) is 0 Å². The number of hydrogen-bond donors (Lipinski definition) is 1. The molecule has 0 fully saturated rings. The first-order chi connectivity index (χ1) is 9.28. The number of aliphatic hydroxyl groups is 1. The van der Waals surface area contributed by atoms with E-state index in [0.717, 1.165) is 12.5 Å². The second-order valence-corrected chi connectivity index (χ2v) is 12.2. The molecule has 2 atom stereocenters. The molecule has 7 heteroatoms. The highest BCUT2D eigenvalue weighted by molar-refractivity contribution is 6.79. The first-order valence-electron chi connectivity index (χ1n) is 7.26. The predicted octanol–water partition coefficient (Wildman–Crippen LogP) is 2.88. The minimum Gasteiger partial charge on any atom is -0.415 e. The van der Waals surface area contributed by atoms with Gasteiger partial charge in [0.1, 0.15) is 0 Å². The van der Waals surface area contributed by atoms with Crippen LogP contribution in [0.2, 0.25) is 25.7 Å². The van der Waals surface area contributed by atoms with Crippen LogP contribution in [0.25, 0.3) is 0 Å². The van der Waals surface area contributed by atoms with Gasteiger partial charge in [-0.25, -0.2) is 0 Å². The van der Waals surface area contributed by atoms with Crippen LogP contribution in [-0.4, -0.2) is 56.3 Å². The number of ether oxygens (including phenoxy) is 1. The summed E-state index contributed by atoms with van der Waals surface area (Å²) in [7, 11) is 0.701. The fraction of sp³-hybridized carbons (Fsp3) is 1.00. The Bertz CT molecular complexity index is 229. The molecular formula is C13H34O5Si2. The van der Waals surface area contributed by atoms with Crippen LogP contribution in [0.3, 0.4) is 0 Å². The van der Waals surface area contributed by atoms with Crippen LogP contribution in [-0.2, 0) is 17.7 Å². The van der Waals surface area contributed by atoms with E-state index >= 15 is 0 Å². The van der Waals surface area contributed by atoms with Gasteiger partial charge in [0.15, 0.2) is 0 Å². The van der Waals surface area contributed by atoms with Crippen molar-refractivity contribution in [1.29, 1.82) is 0 Å². The summed E-state index contributed by atoms with van der Waals surface area (Å²) in [6.45, 7) is 10.4. The Labute approximate surface area is 127 Å². The van der Waals surface area contributed by atoms with Gasteiger partial charge in [-0.15, -0.1) is 0 Å². The SMILES string of the molecule is CC.COCC(O)CCC[Si](C)(OC)O[Si](C)(C)OC. The highest BCUT2D eigenvalue weighted by Crippen LogP contribution is 2.22. The lowest BCUT2D eigenvalue weighted by molar-refractivity contribution is 0.0584. The van der Waals surface area contributed by atoms with Crippen LogP contribution >= 0.6 is 0 Å². The third kappa shape index (κ3) is 11.0. The minimum absolute atomic E-state index is 0.379. The molecule has 0 saturated heterocycles. The van der Waals surface area contributed by atoms with Gasteiger partial charge in [0.25, 0.3) is 0 Å². The molecule has 1 N–H and O–H groups in total. The minimum atomic E-state index is -2.18. The van der Waals surface area contributed by atoms with E-state index in [1.54, 1.807) is 21.3 Å². The van der Waals surface area contributed by atoms with Crippen LogP contribution in [0.5, 0.6) is 0 Å². The maximum absolute atomic E-state index is 9.59. The molecule has 0 aliphatic rings. The third-order valence-corrected chi connectivity index (χ3v) is 9.71. The van der Waals surface area contributed by atoms with E-state index in [9.17, 15) is 5.11 Å².